The first-order chi connectivity index (χ1) is 12.2. The Bertz CT molecular complexity index is 934. The van der Waals surface area contributed by atoms with Crippen molar-refractivity contribution in [2.45, 2.75) is 12.5 Å². The average molecular weight is 399 g/mol. The monoisotopic (exact) mass is 398 g/mol. The van der Waals surface area contributed by atoms with Gasteiger partial charge in [-0.25, -0.2) is 12.8 Å². The smallest absolute Gasteiger partial charge is 0.265 e. The van der Waals surface area contributed by atoms with Crippen LogP contribution in [0.4, 0.5) is 15.8 Å². The quantitative estimate of drug-likeness (QED) is 0.862. The fourth-order valence-electron chi connectivity index (χ4n) is 2.64. The summed E-state index contributed by atoms with van der Waals surface area (Å²) in [5.74, 6) is -0.618. The molecule has 26 heavy (non-hydrogen) atoms. The van der Waals surface area contributed by atoms with Gasteiger partial charge in [-0.1, -0.05) is 11.6 Å². The number of nitrogens with zero attached hydrogens (tertiary/aromatic N) is 1. The van der Waals surface area contributed by atoms with Crippen molar-refractivity contribution in [1.82, 2.24) is 0 Å². The largest absolute Gasteiger partial charge is 0.478 e. The molecule has 2 aromatic carbocycles. The third-order valence-electron chi connectivity index (χ3n) is 3.86. The fourth-order valence-corrected chi connectivity index (χ4v) is 3.74. The second-order valence-electron chi connectivity index (χ2n) is 5.84. The molecule has 0 fully saturated rings. The van der Waals surface area contributed by atoms with Gasteiger partial charge in [-0.3, -0.25) is 9.10 Å². The van der Waals surface area contributed by atoms with E-state index in [1.165, 1.54) is 40.7 Å². The van der Waals surface area contributed by atoms with E-state index in [1.807, 2.05) is 0 Å². The van der Waals surface area contributed by atoms with E-state index in [9.17, 15) is 17.6 Å². The summed E-state index contributed by atoms with van der Waals surface area (Å²) >= 11 is 5.98. The van der Waals surface area contributed by atoms with E-state index >= 15 is 0 Å². The van der Waals surface area contributed by atoms with Crippen LogP contribution in [0.3, 0.4) is 0 Å². The van der Waals surface area contributed by atoms with Crippen molar-refractivity contribution >= 4 is 38.9 Å². The van der Waals surface area contributed by atoms with Gasteiger partial charge < -0.3 is 10.1 Å². The highest BCUT2D eigenvalue weighted by molar-refractivity contribution is 7.92. The lowest BCUT2D eigenvalue weighted by molar-refractivity contribution is -0.122. The van der Waals surface area contributed by atoms with Gasteiger partial charge >= 0.3 is 0 Å². The van der Waals surface area contributed by atoms with Crippen molar-refractivity contribution in [2.24, 2.45) is 0 Å². The van der Waals surface area contributed by atoms with E-state index in [-0.39, 0.29) is 24.4 Å². The van der Waals surface area contributed by atoms with E-state index < -0.39 is 27.9 Å². The number of benzene rings is 2. The number of carbonyl (C=O) groups excluding carboxylic acids is 1. The van der Waals surface area contributed by atoms with Crippen molar-refractivity contribution in [3.8, 4) is 5.75 Å². The van der Waals surface area contributed by atoms with Crippen LogP contribution in [0.15, 0.2) is 42.5 Å². The summed E-state index contributed by atoms with van der Waals surface area (Å²) in [5.41, 5.74) is 0.706. The van der Waals surface area contributed by atoms with E-state index in [0.717, 1.165) is 6.26 Å². The van der Waals surface area contributed by atoms with Gasteiger partial charge in [0.1, 0.15) is 11.6 Å². The number of sulfonamides is 1. The van der Waals surface area contributed by atoms with Crippen LogP contribution in [0.5, 0.6) is 5.75 Å². The SMILES string of the molecule is CS(=O)(=O)N1CC[C@@H](C(=O)Nc2ccc(F)cc2)Oc2ccc(Cl)cc21. The lowest BCUT2D eigenvalue weighted by Crippen LogP contribution is -2.35. The zero-order valence-electron chi connectivity index (χ0n) is 13.8. The van der Waals surface area contributed by atoms with E-state index in [0.29, 0.717) is 10.7 Å². The van der Waals surface area contributed by atoms with E-state index in [4.69, 9.17) is 16.3 Å². The normalized spacial score (nSPS) is 17.0. The van der Waals surface area contributed by atoms with Crippen molar-refractivity contribution in [3.63, 3.8) is 0 Å². The summed E-state index contributed by atoms with van der Waals surface area (Å²) in [5, 5.41) is 2.99. The first kappa shape index (κ1) is 18.5. The topological polar surface area (TPSA) is 75.7 Å². The van der Waals surface area contributed by atoms with Gasteiger partial charge in [0.25, 0.3) is 5.91 Å². The first-order valence-corrected chi connectivity index (χ1v) is 9.97. The minimum atomic E-state index is -3.57. The van der Waals surface area contributed by atoms with Crippen molar-refractivity contribution < 1.29 is 22.3 Å². The molecular formula is C17H16ClFN2O4S. The molecule has 6 nitrogen and oxygen atoms in total. The maximum atomic E-state index is 13.0. The zero-order chi connectivity index (χ0) is 18.9. The number of hydrogen-bond donors (Lipinski definition) is 1. The zero-order valence-corrected chi connectivity index (χ0v) is 15.3. The molecule has 0 bridgehead atoms. The summed E-state index contributed by atoms with van der Waals surface area (Å²) < 4.78 is 44.1. The molecule has 1 aliphatic heterocycles. The number of hydrogen-bond acceptors (Lipinski definition) is 4. The number of nitrogens with one attached hydrogen (secondary N) is 1. The molecule has 2 aromatic rings. The maximum absolute atomic E-state index is 13.0. The second kappa shape index (κ2) is 7.13. The molecule has 1 heterocycles. The molecule has 0 aromatic heterocycles. The summed E-state index contributed by atoms with van der Waals surface area (Å²) in [4.78, 5) is 12.5. The lowest BCUT2D eigenvalue weighted by Gasteiger charge is -2.21. The molecule has 0 spiro atoms. The fraction of sp³-hybridized carbons (Fsp3) is 0.235. The Labute approximate surface area is 155 Å². The van der Waals surface area contributed by atoms with Gasteiger partial charge in [0.15, 0.2) is 6.10 Å². The summed E-state index contributed by atoms with van der Waals surface area (Å²) in [6, 6.07) is 9.89. The van der Waals surface area contributed by atoms with Crippen molar-refractivity contribution in [3.05, 3.63) is 53.3 Å². The van der Waals surface area contributed by atoms with Crippen molar-refractivity contribution in [1.29, 1.82) is 0 Å². The minimum Gasteiger partial charge on any atom is -0.478 e. The van der Waals surface area contributed by atoms with Crippen LogP contribution in [-0.2, 0) is 14.8 Å². The molecule has 0 radical (unpaired) electrons. The van der Waals surface area contributed by atoms with Crippen LogP contribution in [0.1, 0.15) is 6.42 Å². The Morgan fingerprint density at radius 1 is 1.27 bits per heavy atom. The lowest BCUT2D eigenvalue weighted by atomic mass is 10.2. The third kappa shape index (κ3) is 4.08. The van der Waals surface area contributed by atoms with Gasteiger partial charge in [0, 0.05) is 23.7 Å². The number of fused-ring (bicyclic) bond motifs is 1. The van der Waals surface area contributed by atoms with Crippen LogP contribution in [-0.4, -0.2) is 33.2 Å². The second-order valence-corrected chi connectivity index (χ2v) is 8.18. The first-order valence-electron chi connectivity index (χ1n) is 7.74. The molecule has 1 N–H and O–H groups in total. The van der Waals surface area contributed by atoms with Gasteiger partial charge in [-0.05, 0) is 42.5 Å². The van der Waals surface area contributed by atoms with Crippen LogP contribution in [0.2, 0.25) is 5.02 Å². The predicted molar refractivity (Wildman–Crippen MR) is 97.7 cm³/mol. The third-order valence-corrected chi connectivity index (χ3v) is 5.27. The van der Waals surface area contributed by atoms with Crippen LogP contribution >= 0.6 is 11.6 Å². The summed E-state index contributed by atoms with van der Waals surface area (Å²) in [6.07, 6.45) is 0.315. The Morgan fingerprint density at radius 3 is 2.62 bits per heavy atom. The number of halogens is 2. The number of amides is 1. The summed E-state index contributed by atoms with van der Waals surface area (Å²) in [6.45, 7) is 0.0632. The van der Waals surface area contributed by atoms with Gasteiger partial charge in [0.2, 0.25) is 10.0 Å². The molecule has 1 aliphatic rings. The van der Waals surface area contributed by atoms with Crippen LogP contribution in [0, 0.1) is 5.82 Å². The average Bonchev–Trinajstić information content (AvgIpc) is 2.76. The highest BCUT2D eigenvalue weighted by Crippen LogP contribution is 2.36. The number of carbonyl (C=O) groups is 1. The Kier molecular flexibility index (Phi) is 5.06. The molecule has 0 aliphatic carbocycles. The van der Waals surface area contributed by atoms with Gasteiger partial charge in [0.05, 0.1) is 11.9 Å². The molecule has 1 atom stereocenters. The van der Waals surface area contributed by atoms with Gasteiger partial charge in [-0.15, -0.1) is 0 Å². The predicted octanol–water partition coefficient (Wildman–Crippen LogP) is 3.03. The molecule has 0 saturated heterocycles. The van der Waals surface area contributed by atoms with Crippen LogP contribution < -0.4 is 14.4 Å². The van der Waals surface area contributed by atoms with Crippen molar-refractivity contribution in [2.75, 3.05) is 22.4 Å². The number of ether oxygens (including phenoxy) is 1. The molecule has 9 heteroatoms. The number of rotatable bonds is 3. The number of anilines is 2. The van der Waals surface area contributed by atoms with E-state index in [1.54, 1.807) is 6.07 Å². The Hall–Kier alpha value is -2.32. The van der Waals surface area contributed by atoms with Crippen LogP contribution in [0.25, 0.3) is 0 Å². The van der Waals surface area contributed by atoms with E-state index in [2.05, 4.69) is 5.32 Å². The minimum absolute atomic E-state index is 0.0632. The summed E-state index contributed by atoms with van der Waals surface area (Å²) in [7, 11) is -3.57. The Morgan fingerprint density at radius 2 is 1.96 bits per heavy atom. The Balaban J connectivity index is 1.86. The maximum Gasteiger partial charge on any atom is 0.265 e. The molecule has 138 valence electrons. The molecular weight excluding hydrogens is 383 g/mol. The highest BCUT2D eigenvalue weighted by Gasteiger charge is 2.31. The standard InChI is InChI=1S/C17H16ClFN2O4S/c1-26(23,24)21-9-8-16(25-15-7-2-11(18)10-14(15)21)17(22)20-13-5-3-12(19)4-6-13/h2-7,10,16H,8-9H2,1H3,(H,20,22)/t16-/m0/s1. The molecule has 3 rings (SSSR count). The molecule has 0 saturated carbocycles. The molecule has 0 unspecified atom stereocenters. The molecule has 1 amide bonds. The highest BCUT2D eigenvalue weighted by atomic mass is 35.5. The van der Waals surface area contributed by atoms with Gasteiger partial charge in [-0.2, -0.15) is 0 Å².